The summed E-state index contributed by atoms with van der Waals surface area (Å²) < 4.78 is 5.50. The summed E-state index contributed by atoms with van der Waals surface area (Å²) in [4.78, 5) is 24.5. The molecule has 0 rings (SSSR count). The number of allylic oxidation sites excluding steroid dienone is 3. The second-order valence-electron chi connectivity index (χ2n) is 21.0. The molecule has 0 saturated carbocycles. The highest BCUT2D eigenvalue weighted by molar-refractivity contribution is 5.76. The van der Waals surface area contributed by atoms with E-state index in [9.17, 15) is 19.8 Å². The van der Waals surface area contributed by atoms with Gasteiger partial charge in [0.25, 0.3) is 0 Å². The number of carbonyl (C=O) groups is 2. The van der Waals surface area contributed by atoms with Gasteiger partial charge in [-0.3, -0.25) is 9.59 Å². The molecule has 0 radical (unpaired) electrons. The Morgan fingerprint density at radius 2 is 0.691 bits per heavy atom. The van der Waals surface area contributed by atoms with Gasteiger partial charge in [-0.05, 0) is 57.8 Å². The summed E-state index contributed by atoms with van der Waals surface area (Å²) in [7, 11) is 0. The minimum absolute atomic E-state index is 0.0170. The number of aliphatic hydroxyl groups is 2. The number of unbranched alkanes of at least 4 members (excludes halogenated alkanes) is 44. The minimum Gasteiger partial charge on any atom is -0.466 e. The van der Waals surface area contributed by atoms with Crippen LogP contribution in [0.5, 0.6) is 0 Å². The van der Waals surface area contributed by atoms with Crippen molar-refractivity contribution in [3.05, 3.63) is 24.3 Å². The maximum absolute atomic E-state index is 12.4. The molecule has 0 bridgehead atoms. The zero-order valence-corrected chi connectivity index (χ0v) is 45.9. The Bertz CT molecular complexity index is 1060. The molecular weight excluding hydrogens is 839 g/mol. The molecule has 0 aliphatic heterocycles. The van der Waals surface area contributed by atoms with Gasteiger partial charge in [0, 0.05) is 12.8 Å². The van der Waals surface area contributed by atoms with Crippen molar-refractivity contribution in [1.29, 1.82) is 0 Å². The third-order valence-electron chi connectivity index (χ3n) is 14.2. The molecule has 2 unspecified atom stereocenters. The number of ether oxygens (including phenoxy) is 1. The number of esters is 1. The highest BCUT2D eigenvalue weighted by Gasteiger charge is 2.18. The Balaban J connectivity index is 3.36. The molecule has 0 spiro atoms. The highest BCUT2D eigenvalue weighted by Crippen LogP contribution is 2.17. The van der Waals surface area contributed by atoms with Gasteiger partial charge in [-0.2, -0.15) is 0 Å². The number of hydrogen-bond acceptors (Lipinski definition) is 5. The molecule has 0 aromatic rings. The van der Waals surface area contributed by atoms with E-state index in [0.29, 0.717) is 19.4 Å². The first-order valence-corrected chi connectivity index (χ1v) is 30.6. The molecule has 402 valence electrons. The molecule has 0 fully saturated rings. The van der Waals surface area contributed by atoms with E-state index < -0.39 is 12.1 Å². The van der Waals surface area contributed by atoms with Crippen molar-refractivity contribution in [3.63, 3.8) is 0 Å². The van der Waals surface area contributed by atoms with Gasteiger partial charge in [-0.15, -0.1) is 0 Å². The lowest BCUT2D eigenvalue weighted by Crippen LogP contribution is -2.45. The van der Waals surface area contributed by atoms with Gasteiger partial charge in [0.2, 0.25) is 5.91 Å². The van der Waals surface area contributed by atoms with Crippen molar-refractivity contribution in [2.24, 2.45) is 0 Å². The Morgan fingerprint density at radius 3 is 1.04 bits per heavy atom. The molecule has 68 heavy (non-hydrogen) atoms. The van der Waals surface area contributed by atoms with Crippen LogP contribution in [0.4, 0.5) is 0 Å². The summed E-state index contributed by atoms with van der Waals surface area (Å²) in [6.07, 6.45) is 70.9. The molecule has 0 aromatic carbocycles. The van der Waals surface area contributed by atoms with Crippen LogP contribution in [0.15, 0.2) is 24.3 Å². The summed E-state index contributed by atoms with van der Waals surface area (Å²) in [6.45, 7) is 4.89. The van der Waals surface area contributed by atoms with Crippen molar-refractivity contribution in [2.75, 3.05) is 13.2 Å². The van der Waals surface area contributed by atoms with Gasteiger partial charge in [0.05, 0.1) is 25.4 Å². The molecule has 6 nitrogen and oxygen atoms in total. The first kappa shape index (κ1) is 66.3. The fourth-order valence-corrected chi connectivity index (χ4v) is 9.51. The van der Waals surface area contributed by atoms with Crippen LogP contribution in [-0.2, 0) is 14.3 Å². The first-order valence-electron chi connectivity index (χ1n) is 30.6. The quantitative estimate of drug-likeness (QED) is 0.0321. The predicted octanol–water partition coefficient (Wildman–Crippen LogP) is 19.0. The van der Waals surface area contributed by atoms with Crippen molar-refractivity contribution in [3.8, 4) is 0 Å². The standard InChI is InChI=1S/C62H119NO5/c1-3-5-7-9-11-13-14-15-16-26-30-33-36-40-44-48-52-56-62(67)68-57-53-49-45-41-37-34-31-28-25-23-21-19-17-18-20-22-24-27-29-32-35-39-43-47-51-55-61(66)63-59(58-64)60(65)54-50-46-42-38-12-10-8-6-4-2/h18,20,50,54,59-60,64-65H,3-17,19,21-49,51-53,55-58H2,1-2H3,(H,63,66)/b20-18-,54-50+. The van der Waals surface area contributed by atoms with Gasteiger partial charge in [0.1, 0.15) is 0 Å². The van der Waals surface area contributed by atoms with Crippen LogP contribution in [0.3, 0.4) is 0 Å². The maximum atomic E-state index is 12.4. The van der Waals surface area contributed by atoms with Crippen LogP contribution in [-0.4, -0.2) is 47.4 Å². The van der Waals surface area contributed by atoms with E-state index in [0.717, 1.165) is 38.5 Å². The van der Waals surface area contributed by atoms with Crippen molar-refractivity contribution in [1.82, 2.24) is 5.32 Å². The van der Waals surface area contributed by atoms with E-state index in [2.05, 4.69) is 31.3 Å². The van der Waals surface area contributed by atoms with Crippen molar-refractivity contribution >= 4 is 11.9 Å². The fourth-order valence-electron chi connectivity index (χ4n) is 9.51. The SMILES string of the molecule is CCCCCCCCC/C=C/C(O)C(CO)NC(=O)CCCCCCCCCCC/C=C\CCCCCCCCCCCCCCOC(=O)CCCCCCCCCCCCCCCCCCC. The van der Waals surface area contributed by atoms with E-state index in [-0.39, 0.29) is 18.5 Å². The Kier molecular flexibility index (Phi) is 56.5. The van der Waals surface area contributed by atoms with Gasteiger partial charge in [0.15, 0.2) is 0 Å². The van der Waals surface area contributed by atoms with Gasteiger partial charge in [-0.25, -0.2) is 0 Å². The van der Waals surface area contributed by atoms with Crippen LogP contribution < -0.4 is 5.32 Å². The van der Waals surface area contributed by atoms with E-state index in [1.54, 1.807) is 6.08 Å². The number of amides is 1. The van der Waals surface area contributed by atoms with E-state index in [4.69, 9.17) is 4.74 Å². The normalized spacial score (nSPS) is 12.7. The molecule has 1 amide bonds. The number of rotatable bonds is 57. The summed E-state index contributed by atoms with van der Waals surface area (Å²) in [5.41, 5.74) is 0. The van der Waals surface area contributed by atoms with Crippen molar-refractivity contribution < 1.29 is 24.5 Å². The number of aliphatic hydroxyl groups excluding tert-OH is 2. The highest BCUT2D eigenvalue weighted by atomic mass is 16.5. The molecule has 0 aliphatic rings. The molecule has 0 heterocycles. The lowest BCUT2D eigenvalue weighted by atomic mass is 10.0. The van der Waals surface area contributed by atoms with Gasteiger partial charge >= 0.3 is 5.97 Å². The second-order valence-corrected chi connectivity index (χ2v) is 21.0. The molecule has 0 aliphatic carbocycles. The fraction of sp³-hybridized carbons (Fsp3) is 0.903. The Hall–Kier alpha value is -1.66. The largest absolute Gasteiger partial charge is 0.466 e. The van der Waals surface area contributed by atoms with Crippen LogP contribution in [0.2, 0.25) is 0 Å². The van der Waals surface area contributed by atoms with Crippen molar-refractivity contribution in [2.45, 2.75) is 347 Å². The maximum Gasteiger partial charge on any atom is 0.305 e. The number of nitrogens with one attached hydrogen (secondary N) is 1. The molecule has 2 atom stereocenters. The smallest absolute Gasteiger partial charge is 0.305 e. The third kappa shape index (κ3) is 53.7. The molecule has 0 saturated heterocycles. The van der Waals surface area contributed by atoms with Crippen LogP contribution in [0.25, 0.3) is 0 Å². The van der Waals surface area contributed by atoms with Crippen LogP contribution >= 0.6 is 0 Å². The summed E-state index contributed by atoms with van der Waals surface area (Å²) in [5, 5.41) is 22.9. The average molecular weight is 959 g/mol. The lowest BCUT2D eigenvalue weighted by Gasteiger charge is -2.20. The first-order chi connectivity index (χ1) is 33.5. The summed E-state index contributed by atoms with van der Waals surface area (Å²) >= 11 is 0. The molecular formula is C62H119NO5. The predicted molar refractivity (Wildman–Crippen MR) is 296 cm³/mol. The van der Waals surface area contributed by atoms with E-state index in [1.807, 2.05) is 6.08 Å². The van der Waals surface area contributed by atoms with Crippen LogP contribution in [0, 0.1) is 0 Å². The lowest BCUT2D eigenvalue weighted by molar-refractivity contribution is -0.143. The monoisotopic (exact) mass is 958 g/mol. The van der Waals surface area contributed by atoms with E-state index >= 15 is 0 Å². The molecule has 3 N–H and O–H groups in total. The zero-order valence-electron chi connectivity index (χ0n) is 45.9. The third-order valence-corrected chi connectivity index (χ3v) is 14.2. The zero-order chi connectivity index (χ0) is 49.3. The van der Waals surface area contributed by atoms with E-state index in [1.165, 1.54) is 270 Å². The van der Waals surface area contributed by atoms with Gasteiger partial charge in [-0.1, -0.05) is 289 Å². The second kappa shape index (κ2) is 57.9. The number of hydrogen-bond donors (Lipinski definition) is 3. The van der Waals surface area contributed by atoms with Gasteiger partial charge < -0.3 is 20.3 Å². The Morgan fingerprint density at radius 1 is 0.397 bits per heavy atom. The summed E-state index contributed by atoms with van der Waals surface area (Å²) in [6, 6.07) is -0.627. The average Bonchev–Trinajstić information content (AvgIpc) is 3.34. The minimum atomic E-state index is -0.843. The number of carbonyl (C=O) groups excluding carboxylic acids is 2. The molecule has 0 aromatic heterocycles. The molecule has 6 heteroatoms. The summed E-state index contributed by atoms with van der Waals surface area (Å²) in [5.74, 6) is -0.0560. The topological polar surface area (TPSA) is 95.9 Å². The Labute approximate surface area is 424 Å². The van der Waals surface area contributed by atoms with Crippen LogP contribution in [0.1, 0.15) is 335 Å².